The minimum absolute atomic E-state index is 0.238. The van der Waals surface area contributed by atoms with Crippen LogP contribution >= 0.6 is 11.6 Å². The third-order valence-corrected chi connectivity index (χ3v) is 6.01. The molecule has 1 fully saturated rings. The summed E-state index contributed by atoms with van der Waals surface area (Å²) >= 11 is 6.46. The van der Waals surface area contributed by atoms with Crippen LogP contribution in [0.4, 0.5) is 5.69 Å². The van der Waals surface area contributed by atoms with Gasteiger partial charge in [-0.15, -0.1) is 0 Å². The molecule has 1 aliphatic heterocycles. The van der Waals surface area contributed by atoms with Crippen molar-refractivity contribution in [1.29, 1.82) is 0 Å². The number of hydrogen-bond donors (Lipinski definition) is 1. The van der Waals surface area contributed by atoms with Crippen LogP contribution in [-0.2, 0) is 6.54 Å². The molecule has 150 valence electrons. The minimum Gasteiger partial charge on any atom is -0.358 e. The van der Waals surface area contributed by atoms with Crippen LogP contribution in [-0.4, -0.2) is 36.0 Å². The maximum absolute atomic E-state index is 12.7. The highest BCUT2D eigenvalue weighted by atomic mass is 35.5. The third kappa shape index (κ3) is 4.21. The fourth-order valence-corrected chi connectivity index (χ4v) is 4.15. The molecule has 0 atom stereocenters. The van der Waals surface area contributed by atoms with Gasteiger partial charge in [0.1, 0.15) is 11.6 Å². The third-order valence-electron chi connectivity index (χ3n) is 5.66. The number of halogens is 1. The van der Waals surface area contributed by atoms with Crippen molar-refractivity contribution in [2.24, 2.45) is 0 Å². The standard InChI is InChI=1S/C23H25ClN4O/c1-17-8-9-18(2)19(14-17)16-26-10-12-27(13-11-26)21-15-25-28(23(29)22(21)24)20-6-4-3-5-7-20/h3-9,14-15H,10-13,16H2,1-2H3/p+1. The van der Waals surface area contributed by atoms with Gasteiger partial charge < -0.3 is 9.80 Å². The van der Waals surface area contributed by atoms with Gasteiger partial charge >= 0.3 is 0 Å². The number of piperazine rings is 1. The smallest absolute Gasteiger partial charge is 0.292 e. The molecule has 0 amide bonds. The molecule has 0 unspecified atom stereocenters. The first-order chi connectivity index (χ1) is 14.0. The fourth-order valence-electron chi connectivity index (χ4n) is 3.90. The van der Waals surface area contributed by atoms with Gasteiger partial charge in [0.05, 0.1) is 43.8 Å². The molecule has 1 N–H and O–H groups in total. The van der Waals surface area contributed by atoms with Crippen molar-refractivity contribution in [3.8, 4) is 5.69 Å². The normalized spacial score (nSPS) is 14.9. The summed E-state index contributed by atoms with van der Waals surface area (Å²) in [6, 6.07) is 16.0. The van der Waals surface area contributed by atoms with Crippen molar-refractivity contribution in [2.45, 2.75) is 20.4 Å². The van der Waals surface area contributed by atoms with E-state index < -0.39 is 0 Å². The molecule has 0 saturated carbocycles. The maximum atomic E-state index is 12.7. The predicted octanol–water partition coefficient (Wildman–Crippen LogP) is 2.41. The van der Waals surface area contributed by atoms with Crippen molar-refractivity contribution < 1.29 is 4.90 Å². The van der Waals surface area contributed by atoms with Crippen molar-refractivity contribution in [2.75, 3.05) is 31.1 Å². The Balaban J connectivity index is 1.47. The average molecular weight is 410 g/mol. The summed E-state index contributed by atoms with van der Waals surface area (Å²) in [4.78, 5) is 16.5. The second-order valence-corrected chi connectivity index (χ2v) is 8.12. The van der Waals surface area contributed by atoms with E-state index in [2.05, 4.69) is 42.0 Å². The monoisotopic (exact) mass is 409 g/mol. The first-order valence-electron chi connectivity index (χ1n) is 10.0. The number of para-hydroxylation sites is 1. The largest absolute Gasteiger partial charge is 0.358 e. The van der Waals surface area contributed by atoms with E-state index in [0.717, 1.165) is 38.4 Å². The number of nitrogens with one attached hydrogen (secondary N) is 1. The molecule has 2 aromatic carbocycles. The van der Waals surface area contributed by atoms with Crippen molar-refractivity contribution in [3.05, 3.63) is 86.8 Å². The SMILES string of the molecule is Cc1ccc(C)c(C[NH+]2CCN(c3cnn(-c4ccccc4)c(=O)c3Cl)CC2)c1. The molecule has 4 rings (SSSR count). The number of aromatic nitrogens is 2. The van der Waals surface area contributed by atoms with Crippen LogP contribution in [0.1, 0.15) is 16.7 Å². The molecule has 5 nitrogen and oxygen atoms in total. The molecule has 1 saturated heterocycles. The number of anilines is 1. The van der Waals surface area contributed by atoms with Crippen LogP contribution in [0.15, 0.2) is 59.5 Å². The van der Waals surface area contributed by atoms with E-state index in [0.29, 0.717) is 5.69 Å². The van der Waals surface area contributed by atoms with E-state index in [1.165, 1.54) is 21.4 Å². The molecule has 29 heavy (non-hydrogen) atoms. The first-order valence-corrected chi connectivity index (χ1v) is 10.4. The maximum Gasteiger partial charge on any atom is 0.292 e. The zero-order chi connectivity index (χ0) is 20.4. The van der Waals surface area contributed by atoms with Gasteiger partial charge in [-0.3, -0.25) is 4.79 Å². The van der Waals surface area contributed by atoms with Crippen LogP contribution in [0.3, 0.4) is 0 Å². The number of nitrogens with zero attached hydrogens (tertiary/aromatic N) is 3. The Kier molecular flexibility index (Phi) is 5.69. The topological polar surface area (TPSA) is 42.6 Å². The molecule has 0 spiro atoms. The zero-order valence-corrected chi connectivity index (χ0v) is 17.6. The highest BCUT2D eigenvalue weighted by molar-refractivity contribution is 6.33. The molecule has 1 aromatic heterocycles. The highest BCUT2D eigenvalue weighted by Gasteiger charge is 2.24. The molecule has 3 aromatic rings. The molecule has 1 aliphatic rings. The van der Waals surface area contributed by atoms with Crippen LogP contribution in [0, 0.1) is 13.8 Å². The Bertz CT molecular complexity index is 1060. The summed E-state index contributed by atoms with van der Waals surface area (Å²) in [6.07, 6.45) is 1.71. The Morgan fingerprint density at radius 1 is 1.07 bits per heavy atom. The van der Waals surface area contributed by atoms with Gasteiger partial charge in [0.2, 0.25) is 0 Å². The van der Waals surface area contributed by atoms with E-state index >= 15 is 0 Å². The molecule has 0 bridgehead atoms. The average Bonchev–Trinajstić information content (AvgIpc) is 2.74. The molecule has 6 heteroatoms. The highest BCUT2D eigenvalue weighted by Crippen LogP contribution is 2.21. The second-order valence-electron chi connectivity index (χ2n) is 7.74. The van der Waals surface area contributed by atoms with Gasteiger partial charge in [-0.05, 0) is 31.5 Å². The Labute approximate surface area is 176 Å². The minimum atomic E-state index is -0.277. The number of aryl methyl sites for hydroxylation is 2. The second kappa shape index (κ2) is 8.39. The Morgan fingerprint density at radius 2 is 1.79 bits per heavy atom. The van der Waals surface area contributed by atoms with Gasteiger partial charge in [0.15, 0.2) is 0 Å². The zero-order valence-electron chi connectivity index (χ0n) is 16.9. The van der Waals surface area contributed by atoms with Gasteiger partial charge in [0, 0.05) is 5.56 Å². The number of hydrogen-bond acceptors (Lipinski definition) is 3. The molecular formula is C23H26ClN4O+. The van der Waals surface area contributed by atoms with E-state index in [1.54, 1.807) is 11.1 Å². The summed E-state index contributed by atoms with van der Waals surface area (Å²) in [6.45, 7) is 9.08. The number of quaternary nitrogens is 1. The van der Waals surface area contributed by atoms with Crippen LogP contribution in [0.25, 0.3) is 5.69 Å². The fraction of sp³-hybridized carbons (Fsp3) is 0.304. The van der Waals surface area contributed by atoms with E-state index in [1.807, 2.05) is 30.3 Å². The summed E-state index contributed by atoms with van der Waals surface area (Å²) in [5.41, 5.74) is 5.24. The predicted molar refractivity (Wildman–Crippen MR) is 117 cm³/mol. The summed E-state index contributed by atoms with van der Waals surface area (Å²) in [5.74, 6) is 0. The Hall–Kier alpha value is -2.63. The number of benzene rings is 2. The van der Waals surface area contributed by atoms with Gasteiger partial charge in [-0.25, -0.2) is 0 Å². The van der Waals surface area contributed by atoms with E-state index in [4.69, 9.17) is 11.6 Å². The van der Waals surface area contributed by atoms with Gasteiger partial charge in [-0.1, -0.05) is 53.6 Å². The molecular weight excluding hydrogens is 384 g/mol. The Morgan fingerprint density at radius 3 is 2.52 bits per heavy atom. The lowest BCUT2D eigenvalue weighted by Gasteiger charge is -2.34. The molecule has 0 radical (unpaired) electrons. The summed E-state index contributed by atoms with van der Waals surface area (Å²) in [5, 5.41) is 4.60. The van der Waals surface area contributed by atoms with Crippen molar-refractivity contribution in [1.82, 2.24) is 9.78 Å². The van der Waals surface area contributed by atoms with Crippen LogP contribution < -0.4 is 15.4 Å². The van der Waals surface area contributed by atoms with Gasteiger partial charge in [0.25, 0.3) is 5.56 Å². The number of rotatable bonds is 4. The van der Waals surface area contributed by atoms with E-state index in [9.17, 15) is 4.79 Å². The van der Waals surface area contributed by atoms with E-state index in [-0.39, 0.29) is 10.6 Å². The molecule has 0 aliphatic carbocycles. The van der Waals surface area contributed by atoms with Crippen LogP contribution in [0.2, 0.25) is 5.02 Å². The lowest BCUT2D eigenvalue weighted by atomic mass is 10.0. The van der Waals surface area contributed by atoms with Crippen LogP contribution in [0.5, 0.6) is 0 Å². The first kappa shape index (κ1) is 19.7. The van der Waals surface area contributed by atoms with Gasteiger partial charge in [-0.2, -0.15) is 9.78 Å². The summed E-state index contributed by atoms with van der Waals surface area (Å²) in [7, 11) is 0. The summed E-state index contributed by atoms with van der Waals surface area (Å²) < 4.78 is 1.36. The lowest BCUT2D eigenvalue weighted by molar-refractivity contribution is -0.914. The molecule has 2 heterocycles. The van der Waals surface area contributed by atoms with Crippen molar-refractivity contribution in [3.63, 3.8) is 0 Å². The lowest BCUT2D eigenvalue weighted by Crippen LogP contribution is -3.13. The van der Waals surface area contributed by atoms with Crippen molar-refractivity contribution >= 4 is 17.3 Å². The quantitative estimate of drug-likeness (QED) is 0.719.